The first-order chi connectivity index (χ1) is 22.9. The van der Waals surface area contributed by atoms with E-state index in [9.17, 15) is 14.4 Å². The SMILES string of the molecule is COC(=O)[C@@]1(OCC(C)(C)CCCCCCN(Cc2ccccc2)C(=O)OCc2ccccc2)C[C@@H](C)[C@@H](C)C([C@H](C)COC(C)=O)O1. The summed E-state index contributed by atoms with van der Waals surface area (Å²) < 4.78 is 29.0. The van der Waals surface area contributed by atoms with Gasteiger partial charge >= 0.3 is 18.0 Å². The molecule has 2 aromatic rings. The fourth-order valence-electron chi connectivity index (χ4n) is 6.22. The monoisotopic (exact) mass is 667 g/mol. The molecule has 0 N–H and O–H groups in total. The first-order valence-corrected chi connectivity index (χ1v) is 17.4. The summed E-state index contributed by atoms with van der Waals surface area (Å²) in [6.45, 7) is 13.7. The van der Waals surface area contributed by atoms with Crippen molar-refractivity contribution < 1.29 is 38.1 Å². The summed E-state index contributed by atoms with van der Waals surface area (Å²) in [6.07, 6.45) is 4.47. The van der Waals surface area contributed by atoms with Crippen LogP contribution < -0.4 is 0 Å². The molecule has 1 fully saturated rings. The summed E-state index contributed by atoms with van der Waals surface area (Å²) in [5.41, 5.74) is 1.81. The lowest BCUT2D eigenvalue weighted by atomic mass is 9.78. The molecule has 0 saturated carbocycles. The zero-order valence-corrected chi connectivity index (χ0v) is 30.1. The highest BCUT2D eigenvalue weighted by Gasteiger charge is 2.53. The predicted molar refractivity (Wildman–Crippen MR) is 185 cm³/mol. The van der Waals surface area contributed by atoms with Gasteiger partial charge in [0, 0.05) is 32.4 Å². The highest BCUT2D eigenvalue weighted by molar-refractivity contribution is 5.78. The second-order valence-electron chi connectivity index (χ2n) is 14.2. The molecule has 0 aromatic heterocycles. The zero-order valence-electron chi connectivity index (χ0n) is 30.1. The van der Waals surface area contributed by atoms with Gasteiger partial charge in [-0.2, -0.15) is 0 Å². The maximum atomic E-state index is 13.2. The van der Waals surface area contributed by atoms with Crippen molar-refractivity contribution in [3.05, 3.63) is 71.8 Å². The van der Waals surface area contributed by atoms with Gasteiger partial charge in [0.15, 0.2) is 0 Å². The van der Waals surface area contributed by atoms with Crippen LogP contribution in [0.1, 0.15) is 91.2 Å². The number of hydrogen-bond donors (Lipinski definition) is 0. The molecule has 1 amide bonds. The van der Waals surface area contributed by atoms with Crippen molar-refractivity contribution in [2.75, 3.05) is 26.9 Å². The highest BCUT2D eigenvalue weighted by Crippen LogP contribution is 2.42. The van der Waals surface area contributed by atoms with Crippen LogP contribution in [0.2, 0.25) is 0 Å². The van der Waals surface area contributed by atoms with Crippen molar-refractivity contribution in [1.29, 1.82) is 0 Å². The molecular weight excluding hydrogens is 610 g/mol. The molecule has 1 aliphatic heterocycles. The van der Waals surface area contributed by atoms with Gasteiger partial charge < -0.3 is 28.6 Å². The Hall–Kier alpha value is -3.43. The van der Waals surface area contributed by atoms with Gasteiger partial charge in [-0.15, -0.1) is 0 Å². The van der Waals surface area contributed by atoms with Gasteiger partial charge in [-0.1, -0.05) is 115 Å². The summed E-state index contributed by atoms with van der Waals surface area (Å²) in [7, 11) is 1.35. The number of carbonyl (C=O) groups is 3. The molecule has 5 atom stereocenters. The van der Waals surface area contributed by atoms with Gasteiger partial charge in [0.25, 0.3) is 5.79 Å². The Morgan fingerprint density at radius 2 is 1.56 bits per heavy atom. The average Bonchev–Trinajstić information content (AvgIpc) is 3.08. The largest absolute Gasteiger partial charge is 0.465 e. The normalized spacial score (nSPS) is 21.6. The molecule has 48 heavy (non-hydrogen) atoms. The maximum Gasteiger partial charge on any atom is 0.410 e. The number of ether oxygens (including phenoxy) is 5. The van der Waals surface area contributed by atoms with E-state index < -0.39 is 11.8 Å². The molecule has 0 bridgehead atoms. The summed E-state index contributed by atoms with van der Waals surface area (Å²) >= 11 is 0. The first-order valence-electron chi connectivity index (χ1n) is 17.4. The van der Waals surface area contributed by atoms with Crippen molar-refractivity contribution in [3.63, 3.8) is 0 Å². The summed E-state index contributed by atoms with van der Waals surface area (Å²) in [6, 6.07) is 19.7. The lowest BCUT2D eigenvalue weighted by Crippen LogP contribution is -2.57. The molecule has 1 saturated heterocycles. The Bertz CT molecular complexity index is 1270. The van der Waals surface area contributed by atoms with E-state index in [0.29, 0.717) is 26.1 Å². The third-order valence-corrected chi connectivity index (χ3v) is 9.35. The van der Waals surface area contributed by atoms with Crippen LogP contribution in [0.4, 0.5) is 4.79 Å². The average molecular weight is 668 g/mol. The van der Waals surface area contributed by atoms with Crippen LogP contribution in [0.25, 0.3) is 0 Å². The topological polar surface area (TPSA) is 101 Å². The number of carbonyl (C=O) groups excluding carboxylic acids is 3. The van der Waals surface area contributed by atoms with Crippen molar-refractivity contribution in [1.82, 2.24) is 4.90 Å². The Morgan fingerprint density at radius 1 is 0.938 bits per heavy atom. The van der Waals surface area contributed by atoms with Gasteiger partial charge in [0.1, 0.15) is 6.61 Å². The number of hydrogen-bond acceptors (Lipinski definition) is 8. The highest BCUT2D eigenvalue weighted by atomic mass is 16.7. The lowest BCUT2D eigenvalue weighted by Gasteiger charge is -2.47. The van der Waals surface area contributed by atoms with E-state index in [-0.39, 0.29) is 54.5 Å². The minimum absolute atomic E-state index is 0.123. The number of benzene rings is 2. The number of nitrogens with zero attached hydrogens (tertiary/aromatic N) is 1. The maximum absolute atomic E-state index is 13.2. The molecule has 266 valence electrons. The van der Waals surface area contributed by atoms with E-state index in [2.05, 4.69) is 27.7 Å². The third-order valence-electron chi connectivity index (χ3n) is 9.35. The number of methoxy groups -OCH3 is 1. The second-order valence-corrected chi connectivity index (χ2v) is 14.2. The molecular formula is C39H57NO8. The fourth-order valence-corrected chi connectivity index (χ4v) is 6.22. The predicted octanol–water partition coefficient (Wildman–Crippen LogP) is 7.95. The van der Waals surface area contributed by atoms with Crippen LogP contribution in [-0.4, -0.2) is 61.7 Å². The zero-order chi connectivity index (χ0) is 35.2. The molecule has 1 aliphatic rings. The van der Waals surface area contributed by atoms with Gasteiger partial charge in [-0.25, -0.2) is 9.59 Å². The van der Waals surface area contributed by atoms with Crippen molar-refractivity contribution in [2.45, 2.75) is 105 Å². The van der Waals surface area contributed by atoms with Crippen LogP contribution in [0.3, 0.4) is 0 Å². The minimum atomic E-state index is -1.51. The van der Waals surface area contributed by atoms with Crippen LogP contribution in [-0.2, 0) is 46.4 Å². The Balaban J connectivity index is 1.50. The van der Waals surface area contributed by atoms with Crippen molar-refractivity contribution >= 4 is 18.0 Å². The smallest absolute Gasteiger partial charge is 0.410 e. The fraction of sp³-hybridized carbons (Fsp3) is 0.615. The van der Waals surface area contributed by atoms with E-state index in [4.69, 9.17) is 23.7 Å². The molecule has 9 nitrogen and oxygen atoms in total. The third kappa shape index (κ3) is 12.2. The van der Waals surface area contributed by atoms with Crippen LogP contribution in [0.5, 0.6) is 0 Å². The number of rotatable bonds is 18. The van der Waals surface area contributed by atoms with Crippen LogP contribution >= 0.6 is 0 Å². The first kappa shape index (κ1) is 39.0. The molecule has 9 heteroatoms. The molecule has 1 heterocycles. The van der Waals surface area contributed by atoms with Crippen molar-refractivity contribution in [3.8, 4) is 0 Å². The Kier molecular flexibility index (Phi) is 15.4. The summed E-state index contributed by atoms with van der Waals surface area (Å²) in [5, 5.41) is 0. The van der Waals surface area contributed by atoms with E-state index in [0.717, 1.165) is 43.2 Å². The van der Waals surface area contributed by atoms with Gasteiger partial charge in [0.2, 0.25) is 0 Å². The van der Waals surface area contributed by atoms with Gasteiger partial charge in [-0.05, 0) is 41.2 Å². The number of unbranched alkanes of at least 4 members (excludes halogenated alkanes) is 3. The van der Waals surface area contributed by atoms with Gasteiger partial charge in [-0.3, -0.25) is 4.79 Å². The molecule has 0 spiro atoms. The molecule has 1 unspecified atom stereocenters. The van der Waals surface area contributed by atoms with E-state index in [1.807, 2.05) is 67.6 Å². The molecule has 0 aliphatic carbocycles. The van der Waals surface area contributed by atoms with Crippen molar-refractivity contribution in [2.24, 2.45) is 23.2 Å². The Morgan fingerprint density at radius 3 is 2.19 bits per heavy atom. The standard InChI is InChI=1S/C39H57NO8/c1-29-24-39(36(42)44-7,48-35(31(29)3)30(2)26-45-32(4)41)47-28-38(5,6)22-16-8-9-17-23-40(25-33-18-12-10-13-19-33)37(43)46-27-34-20-14-11-15-21-34/h10-15,18-21,29-31,35H,8-9,16-17,22-28H2,1-7H3/t29-,30-,31-,35?,39-/m1/s1. The van der Waals surface area contributed by atoms with E-state index >= 15 is 0 Å². The number of amides is 1. The van der Waals surface area contributed by atoms with E-state index in [1.54, 1.807) is 4.90 Å². The van der Waals surface area contributed by atoms with Gasteiger partial charge in [0.05, 0.1) is 26.4 Å². The van der Waals surface area contributed by atoms with Crippen LogP contribution in [0, 0.1) is 23.2 Å². The number of esters is 2. The summed E-state index contributed by atoms with van der Waals surface area (Å²) in [4.78, 5) is 39.4. The van der Waals surface area contributed by atoms with Crippen LogP contribution in [0.15, 0.2) is 60.7 Å². The summed E-state index contributed by atoms with van der Waals surface area (Å²) in [5.74, 6) is -2.25. The Labute approximate surface area is 287 Å². The molecule has 3 rings (SSSR count). The quantitative estimate of drug-likeness (QED) is 0.0897. The molecule has 2 aromatic carbocycles. The minimum Gasteiger partial charge on any atom is -0.465 e. The second kappa shape index (κ2) is 18.9. The molecule has 0 radical (unpaired) electrons. The van der Waals surface area contributed by atoms with E-state index in [1.165, 1.54) is 14.0 Å². The lowest BCUT2D eigenvalue weighted by molar-refractivity contribution is -0.309.